The first-order valence-electron chi connectivity index (χ1n) is 6.02. The van der Waals surface area contributed by atoms with E-state index >= 15 is 0 Å². The Kier molecular flexibility index (Phi) is 4.79. The first kappa shape index (κ1) is 15.6. The normalized spacial score (nSPS) is 12.0. The third-order valence-electron chi connectivity index (χ3n) is 2.88. The Morgan fingerprint density at radius 2 is 1.95 bits per heavy atom. The smallest absolute Gasteiger partial charge is 0.326 e. The van der Waals surface area contributed by atoms with Crippen LogP contribution >= 0.6 is 0 Å². The number of hydrogen-bond acceptors (Lipinski definition) is 4. The molecular weight excluding hydrogens is 264 g/mol. The summed E-state index contributed by atoms with van der Waals surface area (Å²) in [5.41, 5.74) is 0.532. The predicted molar refractivity (Wildman–Crippen MR) is 71.6 cm³/mol. The van der Waals surface area contributed by atoms with Crippen LogP contribution in [0.3, 0.4) is 0 Å². The van der Waals surface area contributed by atoms with Gasteiger partial charge in [0.2, 0.25) is 0 Å². The van der Waals surface area contributed by atoms with E-state index in [2.05, 4.69) is 5.32 Å². The summed E-state index contributed by atoms with van der Waals surface area (Å²) >= 11 is 0. The number of aliphatic carboxylic acids is 1. The Labute approximate surface area is 115 Å². The summed E-state index contributed by atoms with van der Waals surface area (Å²) in [4.78, 5) is 33.1. The van der Waals surface area contributed by atoms with Gasteiger partial charge in [-0.25, -0.2) is 4.79 Å². The van der Waals surface area contributed by atoms with Gasteiger partial charge in [-0.1, -0.05) is 13.8 Å². The van der Waals surface area contributed by atoms with Crippen LogP contribution in [0.5, 0.6) is 0 Å². The number of rotatable bonds is 5. The van der Waals surface area contributed by atoms with Crippen molar-refractivity contribution in [1.29, 1.82) is 0 Å². The van der Waals surface area contributed by atoms with Gasteiger partial charge in [-0.3, -0.25) is 14.9 Å². The maximum atomic E-state index is 12.0. The molecule has 7 nitrogen and oxygen atoms in total. The van der Waals surface area contributed by atoms with E-state index in [4.69, 9.17) is 5.11 Å². The molecule has 7 heteroatoms. The SMILES string of the molecule is Cc1cc([N+](=O)[O-])ccc1C(=O)NC(C(=O)O)C(C)C. The number of amides is 1. The number of aryl methyl sites for hydroxylation is 1. The van der Waals surface area contributed by atoms with Gasteiger partial charge in [-0.2, -0.15) is 0 Å². The standard InChI is InChI=1S/C13H16N2O5/c1-7(2)11(13(17)18)14-12(16)10-5-4-9(15(19)20)6-8(10)3/h4-7,11H,1-3H3,(H,14,16)(H,17,18). The average molecular weight is 280 g/mol. The lowest BCUT2D eigenvalue weighted by atomic mass is 10.0. The molecule has 0 saturated carbocycles. The summed E-state index contributed by atoms with van der Waals surface area (Å²) < 4.78 is 0. The maximum Gasteiger partial charge on any atom is 0.326 e. The Balaban J connectivity index is 2.98. The minimum atomic E-state index is -1.12. The molecule has 1 atom stereocenters. The Morgan fingerprint density at radius 3 is 2.35 bits per heavy atom. The van der Waals surface area contributed by atoms with E-state index in [9.17, 15) is 19.7 Å². The van der Waals surface area contributed by atoms with E-state index in [-0.39, 0.29) is 17.2 Å². The van der Waals surface area contributed by atoms with Crippen molar-refractivity contribution in [1.82, 2.24) is 5.32 Å². The number of carbonyl (C=O) groups is 2. The van der Waals surface area contributed by atoms with Gasteiger partial charge in [0.25, 0.3) is 11.6 Å². The lowest BCUT2D eigenvalue weighted by molar-refractivity contribution is -0.384. The topological polar surface area (TPSA) is 110 Å². The number of nitro benzene ring substituents is 1. The molecular formula is C13H16N2O5. The summed E-state index contributed by atoms with van der Waals surface area (Å²) in [5.74, 6) is -1.94. The lowest BCUT2D eigenvalue weighted by Crippen LogP contribution is -2.44. The molecule has 0 heterocycles. The number of carboxylic acid groups (broad SMARTS) is 1. The van der Waals surface area contributed by atoms with Gasteiger partial charge in [-0.15, -0.1) is 0 Å². The first-order valence-corrected chi connectivity index (χ1v) is 6.02. The highest BCUT2D eigenvalue weighted by molar-refractivity contribution is 5.98. The second-order valence-electron chi connectivity index (χ2n) is 4.79. The summed E-state index contributed by atoms with van der Waals surface area (Å²) in [5, 5.41) is 22.1. The molecule has 0 spiro atoms. The zero-order chi connectivity index (χ0) is 15.4. The number of nitrogens with zero attached hydrogens (tertiary/aromatic N) is 1. The molecule has 0 aliphatic carbocycles. The van der Waals surface area contributed by atoms with Gasteiger partial charge >= 0.3 is 5.97 Å². The van der Waals surface area contributed by atoms with Crippen LogP contribution < -0.4 is 5.32 Å². The van der Waals surface area contributed by atoms with Gasteiger partial charge in [0, 0.05) is 17.7 Å². The van der Waals surface area contributed by atoms with Crippen molar-refractivity contribution in [2.75, 3.05) is 0 Å². The van der Waals surface area contributed by atoms with E-state index in [1.165, 1.54) is 18.2 Å². The number of non-ortho nitro benzene ring substituents is 1. The first-order chi connectivity index (χ1) is 9.23. The zero-order valence-electron chi connectivity index (χ0n) is 11.4. The van der Waals surface area contributed by atoms with Crippen LogP contribution in [0.4, 0.5) is 5.69 Å². The van der Waals surface area contributed by atoms with E-state index in [1.54, 1.807) is 20.8 Å². The fourth-order valence-electron chi connectivity index (χ4n) is 1.75. The Morgan fingerprint density at radius 1 is 1.35 bits per heavy atom. The van der Waals surface area contributed by atoms with Crippen LogP contribution in [0.1, 0.15) is 29.8 Å². The van der Waals surface area contributed by atoms with Crippen molar-refractivity contribution in [3.05, 3.63) is 39.4 Å². The van der Waals surface area contributed by atoms with Crippen LogP contribution in [-0.2, 0) is 4.79 Å². The van der Waals surface area contributed by atoms with Crippen molar-refractivity contribution in [2.45, 2.75) is 26.8 Å². The Bertz CT molecular complexity index is 554. The second kappa shape index (κ2) is 6.14. The van der Waals surface area contributed by atoms with Gasteiger partial charge in [0.1, 0.15) is 6.04 Å². The number of benzene rings is 1. The lowest BCUT2D eigenvalue weighted by Gasteiger charge is -2.18. The molecule has 1 aromatic carbocycles. The van der Waals surface area contributed by atoms with E-state index in [0.717, 1.165) is 0 Å². The van der Waals surface area contributed by atoms with Crippen molar-refractivity contribution >= 4 is 17.6 Å². The maximum absolute atomic E-state index is 12.0. The molecule has 1 unspecified atom stereocenters. The quantitative estimate of drug-likeness (QED) is 0.630. The third kappa shape index (κ3) is 3.53. The highest BCUT2D eigenvalue weighted by Gasteiger charge is 2.24. The molecule has 108 valence electrons. The number of carboxylic acids is 1. The van der Waals surface area contributed by atoms with Crippen LogP contribution in [-0.4, -0.2) is 27.9 Å². The second-order valence-corrected chi connectivity index (χ2v) is 4.79. The summed E-state index contributed by atoms with van der Waals surface area (Å²) in [6.45, 7) is 4.93. The molecule has 0 radical (unpaired) electrons. The zero-order valence-corrected chi connectivity index (χ0v) is 11.4. The molecule has 1 rings (SSSR count). The summed E-state index contributed by atoms with van der Waals surface area (Å²) in [6.07, 6.45) is 0. The molecule has 0 aliphatic heterocycles. The average Bonchev–Trinajstić information content (AvgIpc) is 2.34. The number of hydrogen-bond donors (Lipinski definition) is 2. The van der Waals surface area contributed by atoms with Gasteiger partial charge in [0.15, 0.2) is 0 Å². The minimum absolute atomic E-state index is 0.113. The van der Waals surface area contributed by atoms with Crippen molar-refractivity contribution in [3.63, 3.8) is 0 Å². The molecule has 2 N–H and O–H groups in total. The number of nitro groups is 1. The third-order valence-corrected chi connectivity index (χ3v) is 2.88. The fraction of sp³-hybridized carbons (Fsp3) is 0.385. The van der Waals surface area contributed by atoms with Crippen LogP contribution in [0.2, 0.25) is 0 Å². The fourth-order valence-corrected chi connectivity index (χ4v) is 1.75. The van der Waals surface area contributed by atoms with Crippen LogP contribution in [0.25, 0.3) is 0 Å². The predicted octanol–water partition coefficient (Wildman–Crippen LogP) is 1.74. The van der Waals surface area contributed by atoms with Crippen LogP contribution in [0, 0.1) is 23.0 Å². The van der Waals surface area contributed by atoms with Crippen LogP contribution in [0.15, 0.2) is 18.2 Å². The van der Waals surface area contributed by atoms with E-state index in [1.807, 2.05) is 0 Å². The number of carbonyl (C=O) groups excluding carboxylic acids is 1. The minimum Gasteiger partial charge on any atom is -0.480 e. The van der Waals surface area contributed by atoms with Gasteiger partial charge in [0.05, 0.1) is 4.92 Å². The molecule has 0 aliphatic rings. The molecule has 1 aromatic rings. The molecule has 1 amide bonds. The van der Waals surface area contributed by atoms with Crippen molar-refractivity contribution in [3.8, 4) is 0 Å². The van der Waals surface area contributed by atoms with Crippen molar-refractivity contribution in [2.24, 2.45) is 5.92 Å². The Hall–Kier alpha value is -2.44. The molecule has 0 saturated heterocycles. The monoisotopic (exact) mass is 280 g/mol. The summed E-state index contributed by atoms with van der Waals surface area (Å²) in [6, 6.07) is 2.81. The summed E-state index contributed by atoms with van der Waals surface area (Å²) in [7, 11) is 0. The largest absolute Gasteiger partial charge is 0.480 e. The van der Waals surface area contributed by atoms with Gasteiger partial charge < -0.3 is 10.4 Å². The highest BCUT2D eigenvalue weighted by Crippen LogP contribution is 2.17. The molecule has 20 heavy (non-hydrogen) atoms. The molecule has 0 aromatic heterocycles. The molecule has 0 bridgehead atoms. The van der Waals surface area contributed by atoms with E-state index < -0.39 is 22.8 Å². The highest BCUT2D eigenvalue weighted by atomic mass is 16.6. The van der Waals surface area contributed by atoms with Gasteiger partial charge in [-0.05, 0) is 24.5 Å². The molecule has 0 fully saturated rings. The van der Waals surface area contributed by atoms with E-state index in [0.29, 0.717) is 5.56 Å². The number of nitrogens with one attached hydrogen (secondary N) is 1. The van der Waals surface area contributed by atoms with Crippen molar-refractivity contribution < 1.29 is 19.6 Å².